The number of hydrazone groups is 1. The number of aliphatic hydroxyl groups is 3. The molecule has 36 heavy (non-hydrogen) atoms. The van der Waals surface area contributed by atoms with Crippen LogP contribution < -0.4 is 5.43 Å². The monoisotopic (exact) mass is 499 g/mol. The van der Waals surface area contributed by atoms with Gasteiger partial charge in [-0.15, -0.1) is 0 Å². The van der Waals surface area contributed by atoms with Crippen LogP contribution in [-0.2, 0) is 4.79 Å². The molecular formula is C29H45N3O4. The van der Waals surface area contributed by atoms with E-state index in [0.29, 0.717) is 36.0 Å². The molecule has 4 fully saturated rings. The summed E-state index contributed by atoms with van der Waals surface area (Å²) in [5, 5.41) is 37.4. The van der Waals surface area contributed by atoms with Crippen molar-refractivity contribution in [3.05, 3.63) is 24.0 Å². The Morgan fingerprint density at radius 2 is 2.00 bits per heavy atom. The van der Waals surface area contributed by atoms with Gasteiger partial charge >= 0.3 is 0 Å². The smallest absolute Gasteiger partial charge is 0.240 e. The van der Waals surface area contributed by atoms with E-state index in [0.717, 1.165) is 57.1 Å². The van der Waals surface area contributed by atoms with Crippen molar-refractivity contribution < 1.29 is 20.1 Å². The van der Waals surface area contributed by atoms with Gasteiger partial charge in [0.05, 0.1) is 30.2 Å². The van der Waals surface area contributed by atoms with Gasteiger partial charge in [0, 0.05) is 12.6 Å². The van der Waals surface area contributed by atoms with E-state index in [1.165, 1.54) is 0 Å². The molecule has 0 spiro atoms. The number of nitrogens with zero attached hydrogens (tertiary/aromatic N) is 1. The first-order chi connectivity index (χ1) is 17.1. The first kappa shape index (κ1) is 25.9. The lowest BCUT2D eigenvalue weighted by Gasteiger charge is -2.63. The quantitative estimate of drug-likeness (QED) is 0.302. The maximum Gasteiger partial charge on any atom is 0.240 e. The summed E-state index contributed by atoms with van der Waals surface area (Å²) in [6.45, 7) is 6.86. The molecule has 0 bridgehead atoms. The minimum Gasteiger partial charge on any atom is -0.393 e. The molecule has 1 heterocycles. The van der Waals surface area contributed by atoms with Crippen LogP contribution in [0.15, 0.2) is 23.4 Å². The van der Waals surface area contributed by atoms with Crippen molar-refractivity contribution in [2.75, 3.05) is 0 Å². The molecule has 1 amide bonds. The van der Waals surface area contributed by atoms with Crippen molar-refractivity contribution in [3.63, 3.8) is 0 Å². The average molecular weight is 500 g/mol. The van der Waals surface area contributed by atoms with Crippen LogP contribution in [0.3, 0.4) is 0 Å². The van der Waals surface area contributed by atoms with Gasteiger partial charge in [0.25, 0.3) is 0 Å². The molecule has 7 nitrogen and oxygen atoms in total. The third-order valence-corrected chi connectivity index (χ3v) is 11.4. The van der Waals surface area contributed by atoms with Crippen LogP contribution in [0.2, 0.25) is 0 Å². The first-order valence-corrected chi connectivity index (χ1v) is 14.1. The van der Waals surface area contributed by atoms with Gasteiger partial charge in [-0.05, 0) is 110 Å². The number of aromatic nitrogens is 1. The molecule has 11 atom stereocenters. The molecule has 5 N–H and O–H groups in total. The molecule has 0 aliphatic heterocycles. The Morgan fingerprint density at radius 1 is 1.19 bits per heavy atom. The van der Waals surface area contributed by atoms with E-state index in [-0.39, 0.29) is 34.9 Å². The van der Waals surface area contributed by atoms with Crippen molar-refractivity contribution >= 4 is 12.1 Å². The van der Waals surface area contributed by atoms with Crippen LogP contribution in [0.1, 0.15) is 84.3 Å². The van der Waals surface area contributed by atoms with Crippen molar-refractivity contribution in [2.24, 2.45) is 51.4 Å². The number of carbonyl (C=O) groups excluding carboxylic acids is 1. The van der Waals surface area contributed by atoms with Crippen LogP contribution in [0.5, 0.6) is 0 Å². The molecule has 0 saturated heterocycles. The second kappa shape index (κ2) is 9.88. The van der Waals surface area contributed by atoms with Crippen LogP contribution in [-0.4, -0.2) is 50.7 Å². The van der Waals surface area contributed by atoms with Gasteiger partial charge < -0.3 is 20.3 Å². The molecule has 0 aromatic carbocycles. The summed E-state index contributed by atoms with van der Waals surface area (Å²) in [6.07, 6.45) is 9.80. The Morgan fingerprint density at radius 3 is 2.75 bits per heavy atom. The number of carbonyl (C=O) groups is 1. The summed E-state index contributed by atoms with van der Waals surface area (Å²) in [5.74, 6) is 1.72. The standard InChI is InChI=1S/C29H45N3O4/c1-17(6-9-26(36)32-31-16-19-5-4-12-30-19)21-7-8-22-27-23(15-25(35)29(21,22)3)28(2)11-10-20(33)13-18(28)14-24(27)34/h4-5,12,16-18,20-25,27,30,33-35H,6-11,13-15H2,1-3H3,(H,32,36)/b31-16+/t17-,18+,20-,21-,22+,23+,24-,25+,27+,28+,29-/m1/s1. The lowest BCUT2D eigenvalue weighted by Crippen LogP contribution is -2.62. The number of hydrogen-bond acceptors (Lipinski definition) is 5. The number of rotatable bonds is 6. The highest BCUT2D eigenvalue weighted by Gasteiger charge is 2.65. The summed E-state index contributed by atoms with van der Waals surface area (Å²) < 4.78 is 0. The summed E-state index contributed by atoms with van der Waals surface area (Å²) in [6, 6.07) is 3.77. The first-order valence-electron chi connectivity index (χ1n) is 14.1. The third-order valence-electron chi connectivity index (χ3n) is 11.4. The van der Waals surface area contributed by atoms with E-state index in [1.54, 1.807) is 6.21 Å². The van der Waals surface area contributed by atoms with Crippen LogP contribution in [0.4, 0.5) is 0 Å². The van der Waals surface area contributed by atoms with Gasteiger partial charge in [0.1, 0.15) is 0 Å². The number of aliphatic hydroxyl groups excluding tert-OH is 3. The highest BCUT2D eigenvalue weighted by Crippen LogP contribution is 2.68. The normalized spacial score (nSPS) is 45.1. The van der Waals surface area contributed by atoms with Crippen LogP contribution in [0.25, 0.3) is 0 Å². The lowest BCUT2D eigenvalue weighted by molar-refractivity contribution is -0.207. The lowest BCUT2D eigenvalue weighted by atomic mass is 9.43. The van der Waals surface area contributed by atoms with Gasteiger partial charge in [-0.3, -0.25) is 4.79 Å². The van der Waals surface area contributed by atoms with Gasteiger partial charge in [-0.1, -0.05) is 20.8 Å². The van der Waals surface area contributed by atoms with Gasteiger partial charge in [0.15, 0.2) is 0 Å². The van der Waals surface area contributed by atoms with Crippen molar-refractivity contribution in [1.29, 1.82) is 0 Å². The molecule has 1 aromatic rings. The fraction of sp³-hybridized carbons (Fsp3) is 0.793. The summed E-state index contributed by atoms with van der Waals surface area (Å²) in [7, 11) is 0. The molecular weight excluding hydrogens is 454 g/mol. The summed E-state index contributed by atoms with van der Waals surface area (Å²) in [4.78, 5) is 15.4. The molecule has 0 unspecified atom stereocenters. The fourth-order valence-electron chi connectivity index (χ4n) is 9.35. The molecule has 5 rings (SSSR count). The van der Waals surface area contributed by atoms with E-state index in [2.05, 4.69) is 36.3 Å². The molecule has 4 aliphatic rings. The van der Waals surface area contributed by atoms with E-state index < -0.39 is 6.10 Å². The topological polar surface area (TPSA) is 118 Å². The van der Waals surface area contributed by atoms with Crippen LogP contribution >= 0.6 is 0 Å². The number of aromatic amines is 1. The van der Waals surface area contributed by atoms with Crippen molar-refractivity contribution in [2.45, 2.75) is 96.9 Å². The Bertz CT molecular complexity index is 950. The zero-order chi connectivity index (χ0) is 25.7. The molecule has 4 aliphatic carbocycles. The predicted molar refractivity (Wildman–Crippen MR) is 139 cm³/mol. The number of H-pyrrole nitrogens is 1. The molecule has 4 saturated carbocycles. The van der Waals surface area contributed by atoms with Crippen molar-refractivity contribution in [3.8, 4) is 0 Å². The Hall–Kier alpha value is -1.70. The third kappa shape index (κ3) is 4.35. The molecule has 7 heteroatoms. The van der Waals surface area contributed by atoms with Crippen molar-refractivity contribution in [1.82, 2.24) is 10.4 Å². The number of amides is 1. The second-order valence-corrected chi connectivity index (χ2v) is 13.0. The fourth-order valence-corrected chi connectivity index (χ4v) is 9.35. The van der Waals surface area contributed by atoms with Crippen LogP contribution in [0, 0.1) is 46.3 Å². The Balaban J connectivity index is 1.25. The highest BCUT2D eigenvalue weighted by molar-refractivity contribution is 5.80. The second-order valence-electron chi connectivity index (χ2n) is 13.0. The predicted octanol–water partition coefficient (Wildman–Crippen LogP) is 3.84. The number of hydrogen-bond donors (Lipinski definition) is 5. The summed E-state index contributed by atoms with van der Waals surface area (Å²) in [5.41, 5.74) is 3.33. The SMILES string of the molecule is C[C@H](CCC(=O)N/N=C/c1ccc[nH]1)[C@H]1CC[C@H]2[C@@H]3[C@H](O)C[C@@H]4C[C@H](O)CC[C@]4(C)[C@H]3C[C@H](O)[C@]12C. The zero-order valence-corrected chi connectivity index (χ0v) is 22.1. The minimum atomic E-state index is -0.396. The Labute approximate surface area is 215 Å². The van der Waals surface area contributed by atoms with Gasteiger partial charge in [-0.2, -0.15) is 5.10 Å². The number of fused-ring (bicyclic) bond motifs is 5. The van der Waals surface area contributed by atoms with E-state index >= 15 is 0 Å². The van der Waals surface area contributed by atoms with E-state index in [1.807, 2.05) is 18.3 Å². The Kier molecular flexibility index (Phi) is 7.12. The number of nitrogens with one attached hydrogen (secondary N) is 2. The average Bonchev–Trinajstić information content (AvgIpc) is 3.48. The molecule has 200 valence electrons. The maximum atomic E-state index is 12.4. The largest absolute Gasteiger partial charge is 0.393 e. The molecule has 0 radical (unpaired) electrons. The minimum absolute atomic E-state index is 0.0882. The highest BCUT2D eigenvalue weighted by atomic mass is 16.3. The summed E-state index contributed by atoms with van der Waals surface area (Å²) >= 11 is 0. The maximum absolute atomic E-state index is 12.4. The zero-order valence-electron chi connectivity index (χ0n) is 22.1. The molecule has 1 aromatic heterocycles. The van der Waals surface area contributed by atoms with Gasteiger partial charge in [0.2, 0.25) is 5.91 Å². The van der Waals surface area contributed by atoms with E-state index in [4.69, 9.17) is 0 Å². The van der Waals surface area contributed by atoms with E-state index in [9.17, 15) is 20.1 Å². The van der Waals surface area contributed by atoms with Gasteiger partial charge in [-0.25, -0.2) is 5.43 Å².